The summed E-state index contributed by atoms with van der Waals surface area (Å²) >= 11 is 0. The van der Waals surface area contributed by atoms with E-state index >= 15 is 0 Å². The Balaban J connectivity index is 1.64. The number of piperidine rings is 1. The maximum atomic E-state index is 3.80. The quantitative estimate of drug-likeness (QED) is 0.724. The summed E-state index contributed by atoms with van der Waals surface area (Å²) in [6.45, 7) is 13.4. The van der Waals surface area contributed by atoms with Gasteiger partial charge in [-0.1, -0.05) is 13.8 Å². The molecule has 2 aliphatic rings. The molecule has 2 rings (SSSR count). The largest absolute Gasteiger partial charge is 0.312 e. The molecule has 3 atom stereocenters. The van der Waals surface area contributed by atoms with Gasteiger partial charge in [0.1, 0.15) is 0 Å². The molecule has 3 nitrogen and oxygen atoms in total. The molecule has 0 radical (unpaired) electrons. The van der Waals surface area contributed by atoms with Crippen LogP contribution in [0.2, 0.25) is 0 Å². The van der Waals surface area contributed by atoms with Gasteiger partial charge in [0.2, 0.25) is 0 Å². The zero-order valence-electron chi connectivity index (χ0n) is 11.6. The van der Waals surface area contributed by atoms with Crippen LogP contribution in [0.15, 0.2) is 0 Å². The standard InChI is InChI=1S/C14H29N3/c1-3-8-16(4-2)11-7-15-14-6-10-17-9-5-13(14)12-17/h13-15H,3-12H2,1-2H3. The Morgan fingerprint density at radius 2 is 2.00 bits per heavy atom. The van der Waals surface area contributed by atoms with Gasteiger partial charge in [-0.25, -0.2) is 0 Å². The van der Waals surface area contributed by atoms with Gasteiger partial charge in [0.15, 0.2) is 0 Å². The van der Waals surface area contributed by atoms with E-state index in [0.29, 0.717) is 0 Å². The van der Waals surface area contributed by atoms with Crippen LogP contribution >= 0.6 is 0 Å². The van der Waals surface area contributed by atoms with Crippen LogP contribution in [0.25, 0.3) is 0 Å². The molecular formula is C14H29N3. The monoisotopic (exact) mass is 239 g/mol. The summed E-state index contributed by atoms with van der Waals surface area (Å²) in [4.78, 5) is 5.18. The highest BCUT2D eigenvalue weighted by atomic mass is 15.2. The first-order valence-corrected chi connectivity index (χ1v) is 7.51. The Morgan fingerprint density at radius 1 is 1.18 bits per heavy atom. The molecule has 2 bridgehead atoms. The molecule has 0 amide bonds. The molecule has 0 aromatic heterocycles. The molecule has 0 aliphatic carbocycles. The van der Waals surface area contributed by atoms with Crippen LogP contribution in [0, 0.1) is 5.92 Å². The lowest BCUT2D eigenvalue weighted by molar-refractivity contribution is 0.211. The first-order chi connectivity index (χ1) is 8.33. The first kappa shape index (κ1) is 13.3. The van der Waals surface area contributed by atoms with Gasteiger partial charge in [0.25, 0.3) is 0 Å². The molecule has 2 heterocycles. The summed E-state index contributed by atoms with van der Waals surface area (Å²) in [6, 6.07) is 0.800. The summed E-state index contributed by atoms with van der Waals surface area (Å²) in [6.07, 6.45) is 4.06. The molecule has 2 fully saturated rings. The number of fused-ring (bicyclic) bond motifs is 2. The van der Waals surface area contributed by atoms with Gasteiger partial charge in [-0.15, -0.1) is 0 Å². The topological polar surface area (TPSA) is 18.5 Å². The van der Waals surface area contributed by atoms with E-state index in [1.54, 1.807) is 0 Å². The van der Waals surface area contributed by atoms with Crippen LogP contribution in [-0.2, 0) is 0 Å². The maximum absolute atomic E-state index is 3.80. The maximum Gasteiger partial charge on any atom is 0.0121 e. The van der Waals surface area contributed by atoms with Crippen molar-refractivity contribution < 1.29 is 0 Å². The average molecular weight is 239 g/mol. The van der Waals surface area contributed by atoms with E-state index in [-0.39, 0.29) is 0 Å². The number of rotatable bonds is 7. The molecule has 1 N–H and O–H groups in total. The fourth-order valence-electron chi connectivity index (χ4n) is 3.37. The Bertz CT molecular complexity index is 220. The summed E-state index contributed by atoms with van der Waals surface area (Å²) in [5.41, 5.74) is 0. The molecule has 2 aliphatic heterocycles. The fourth-order valence-corrected chi connectivity index (χ4v) is 3.37. The van der Waals surface area contributed by atoms with Crippen LogP contribution in [-0.4, -0.2) is 61.7 Å². The van der Waals surface area contributed by atoms with Crippen LogP contribution in [0.1, 0.15) is 33.1 Å². The van der Waals surface area contributed by atoms with E-state index < -0.39 is 0 Å². The molecule has 100 valence electrons. The lowest BCUT2D eigenvalue weighted by Crippen LogP contribution is -2.46. The molecule has 0 saturated carbocycles. The van der Waals surface area contributed by atoms with Gasteiger partial charge >= 0.3 is 0 Å². The van der Waals surface area contributed by atoms with Crippen molar-refractivity contribution in [2.24, 2.45) is 5.92 Å². The molecule has 3 heteroatoms. The third kappa shape index (κ3) is 3.67. The van der Waals surface area contributed by atoms with Crippen LogP contribution in [0.3, 0.4) is 0 Å². The van der Waals surface area contributed by atoms with Crippen LogP contribution < -0.4 is 5.32 Å². The molecule has 17 heavy (non-hydrogen) atoms. The lowest BCUT2D eigenvalue weighted by atomic mass is 9.94. The van der Waals surface area contributed by atoms with Crippen molar-refractivity contribution in [3.63, 3.8) is 0 Å². The first-order valence-electron chi connectivity index (χ1n) is 7.51. The van der Waals surface area contributed by atoms with E-state index in [1.165, 1.54) is 65.1 Å². The van der Waals surface area contributed by atoms with Gasteiger partial charge in [0.05, 0.1) is 0 Å². The second-order valence-corrected chi connectivity index (χ2v) is 5.63. The van der Waals surface area contributed by atoms with Crippen molar-refractivity contribution in [3.8, 4) is 0 Å². The van der Waals surface area contributed by atoms with Crippen LogP contribution in [0.4, 0.5) is 0 Å². The lowest BCUT2D eigenvalue weighted by Gasteiger charge is -2.32. The highest BCUT2D eigenvalue weighted by molar-refractivity contribution is 4.90. The number of nitrogens with zero attached hydrogens (tertiary/aromatic N) is 2. The predicted molar refractivity (Wildman–Crippen MR) is 73.4 cm³/mol. The van der Waals surface area contributed by atoms with E-state index in [2.05, 4.69) is 29.0 Å². The van der Waals surface area contributed by atoms with Crippen molar-refractivity contribution in [1.29, 1.82) is 0 Å². The number of hydrogen-bond donors (Lipinski definition) is 1. The molecule has 0 aromatic rings. The van der Waals surface area contributed by atoms with Crippen molar-refractivity contribution in [2.45, 2.75) is 39.2 Å². The molecule has 0 aromatic carbocycles. The van der Waals surface area contributed by atoms with E-state index in [1.807, 2.05) is 0 Å². The van der Waals surface area contributed by atoms with Gasteiger partial charge in [-0.2, -0.15) is 0 Å². The number of nitrogens with one attached hydrogen (secondary N) is 1. The molecule has 2 saturated heterocycles. The second-order valence-electron chi connectivity index (χ2n) is 5.63. The molecule has 3 unspecified atom stereocenters. The number of likely N-dealkylation sites (N-methyl/N-ethyl adjacent to an activating group) is 1. The zero-order chi connectivity index (χ0) is 12.1. The Hall–Kier alpha value is -0.120. The highest BCUT2D eigenvalue weighted by Gasteiger charge is 2.33. The molecular weight excluding hydrogens is 210 g/mol. The predicted octanol–water partition coefficient (Wildman–Crippen LogP) is 1.40. The van der Waals surface area contributed by atoms with E-state index in [9.17, 15) is 0 Å². The Kier molecular flexibility index (Phi) is 5.26. The van der Waals surface area contributed by atoms with Crippen molar-refractivity contribution >= 4 is 0 Å². The normalized spacial score (nSPS) is 32.3. The van der Waals surface area contributed by atoms with Gasteiger partial charge < -0.3 is 15.1 Å². The van der Waals surface area contributed by atoms with E-state index in [0.717, 1.165) is 12.0 Å². The minimum atomic E-state index is 0.800. The average Bonchev–Trinajstić information content (AvgIpc) is 2.73. The summed E-state index contributed by atoms with van der Waals surface area (Å²) < 4.78 is 0. The summed E-state index contributed by atoms with van der Waals surface area (Å²) in [5.74, 6) is 0.935. The van der Waals surface area contributed by atoms with Crippen LogP contribution in [0.5, 0.6) is 0 Å². The minimum absolute atomic E-state index is 0.800. The minimum Gasteiger partial charge on any atom is -0.312 e. The third-order valence-corrected chi connectivity index (χ3v) is 4.46. The SMILES string of the molecule is CCCN(CC)CCNC1CCN2CCC1C2. The fraction of sp³-hybridized carbons (Fsp3) is 1.00. The van der Waals surface area contributed by atoms with Gasteiger partial charge in [-0.05, 0) is 51.4 Å². The van der Waals surface area contributed by atoms with Crippen molar-refractivity contribution in [2.75, 3.05) is 45.8 Å². The van der Waals surface area contributed by atoms with Crippen molar-refractivity contribution in [1.82, 2.24) is 15.1 Å². The smallest absolute Gasteiger partial charge is 0.0121 e. The second kappa shape index (κ2) is 6.72. The van der Waals surface area contributed by atoms with Gasteiger partial charge in [0, 0.05) is 25.7 Å². The number of hydrogen-bond acceptors (Lipinski definition) is 3. The summed E-state index contributed by atoms with van der Waals surface area (Å²) in [5, 5.41) is 3.80. The zero-order valence-corrected chi connectivity index (χ0v) is 11.6. The summed E-state index contributed by atoms with van der Waals surface area (Å²) in [7, 11) is 0. The van der Waals surface area contributed by atoms with E-state index in [4.69, 9.17) is 0 Å². The Labute approximate surface area is 107 Å². The molecule has 0 spiro atoms. The Morgan fingerprint density at radius 3 is 2.76 bits per heavy atom. The van der Waals surface area contributed by atoms with Gasteiger partial charge in [-0.3, -0.25) is 0 Å². The third-order valence-electron chi connectivity index (χ3n) is 4.46. The highest BCUT2D eigenvalue weighted by Crippen LogP contribution is 2.26. The van der Waals surface area contributed by atoms with Crippen molar-refractivity contribution in [3.05, 3.63) is 0 Å².